The fourth-order valence-corrected chi connectivity index (χ4v) is 2.17. The zero-order valence-electron chi connectivity index (χ0n) is 10.3. The van der Waals surface area contributed by atoms with Gasteiger partial charge in [-0.25, -0.2) is 0 Å². The van der Waals surface area contributed by atoms with Crippen molar-refractivity contribution in [3.63, 3.8) is 0 Å². The van der Waals surface area contributed by atoms with Crippen molar-refractivity contribution >= 4 is 5.84 Å². The summed E-state index contributed by atoms with van der Waals surface area (Å²) < 4.78 is 0. The van der Waals surface area contributed by atoms with Gasteiger partial charge in [-0.1, -0.05) is 29.4 Å². The molecule has 0 spiro atoms. The molecule has 0 atom stereocenters. The summed E-state index contributed by atoms with van der Waals surface area (Å²) in [4.78, 5) is 2.32. The van der Waals surface area contributed by atoms with Crippen molar-refractivity contribution in [3.05, 3.63) is 35.4 Å². The van der Waals surface area contributed by atoms with E-state index in [1.54, 1.807) is 0 Å². The van der Waals surface area contributed by atoms with E-state index in [1.807, 2.05) is 24.3 Å². The van der Waals surface area contributed by atoms with Crippen LogP contribution in [0.15, 0.2) is 29.4 Å². The largest absolute Gasteiger partial charge is 0.409 e. The highest BCUT2D eigenvalue weighted by Gasteiger charge is 2.16. The van der Waals surface area contributed by atoms with Crippen LogP contribution in [0.5, 0.6) is 0 Å². The number of aliphatic hydroxyl groups is 1. The molecular weight excluding hydrogens is 230 g/mol. The number of nitrogens with zero attached hydrogens (tertiary/aromatic N) is 2. The molecule has 1 fully saturated rings. The molecule has 0 unspecified atom stereocenters. The topological polar surface area (TPSA) is 82.1 Å². The fourth-order valence-electron chi connectivity index (χ4n) is 2.17. The SMILES string of the molecule is N/C(=N\O)c1ccc(CN2CCC(O)CC2)cc1. The quantitative estimate of drug-likeness (QED) is 0.319. The van der Waals surface area contributed by atoms with Crippen LogP contribution in [0.3, 0.4) is 0 Å². The molecule has 1 aliphatic rings. The average molecular weight is 249 g/mol. The van der Waals surface area contributed by atoms with Crippen molar-refractivity contribution in [2.75, 3.05) is 13.1 Å². The highest BCUT2D eigenvalue weighted by Crippen LogP contribution is 2.14. The minimum absolute atomic E-state index is 0.127. The average Bonchev–Trinajstić information content (AvgIpc) is 2.41. The van der Waals surface area contributed by atoms with Crippen LogP contribution in [0, 0.1) is 0 Å². The molecule has 18 heavy (non-hydrogen) atoms. The van der Waals surface area contributed by atoms with E-state index in [2.05, 4.69) is 10.1 Å². The Kier molecular flexibility index (Phi) is 4.17. The summed E-state index contributed by atoms with van der Waals surface area (Å²) in [6.07, 6.45) is 1.56. The van der Waals surface area contributed by atoms with E-state index < -0.39 is 0 Å². The second kappa shape index (κ2) is 5.84. The highest BCUT2D eigenvalue weighted by atomic mass is 16.4. The van der Waals surface area contributed by atoms with Gasteiger partial charge in [0.15, 0.2) is 5.84 Å². The van der Waals surface area contributed by atoms with Crippen LogP contribution in [-0.2, 0) is 6.54 Å². The van der Waals surface area contributed by atoms with Crippen molar-refractivity contribution in [1.29, 1.82) is 0 Å². The van der Waals surface area contributed by atoms with Gasteiger partial charge < -0.3 is 16.0 Å². The number of piperidine rings is 1. The molecule has 98 valence electrons. The molecular formula is C13H19N3O2. The Morgan fingerprint density at radius 3 is 2.44 bits per heavy atom. The lowest BCUT2D eigenvalue weighted by molar-refractivity contribution is 0.0792. The first-order valence-corrected chi connectivity index (χ1v) is 6.16. The van der Waals surface area contributed by atoms with E-state index in [9.17, 15) is 5.11 Å². The predicted molar refractivity (Wildman–Crippen MR) is 69.5 cm³/mol. The fraction of sp³-hybridized carbons (Fsp3) is 0.462. The molecule has 2 rings (SSSR count). The molecule has 4 N–H and O–H groups in total. The third-order valence-corrected chi connectivity index (χ3v) is 3.32. The monoisotopic (exact) mass is 249 g/mol. The van der Waals surface area contributed by atoms with Gasteiger partial charge in [-0.15, -0.1) is 0 Å². The second-order valence-electron chi connectivity index (χ2n) is 4.69. The number of hydrogen-bond acceptors (Lipinski definition) is 4. The normalized spacial score (nSPS) is 19.1. The Hall–Kier alpha value is -1.59. The minimum Gasteiger partial charge on any atom is -0.409 e. The molecule has 1 aliphatic heterocycles. The molecule has 1 saturated heterocycles. The highest BCUT2D eigenvalue weighted by molar-refractivity contribution is 5.96. The number of oxime groups is 1. The zero-order chi connectivity index (χ0) is 13.0. The van der Waals surface area contributed by atoms with Gasteiger partial charge in [0.25, 0.3) is 0 Å². The number of rotatable bonds is 3. The van der Waals surface area contributed by atoms with Gasteiger partial charge in [-0.05, 0) is 18.4 Å². The maximum atomic E-state index is 9.44. The van der Waals surface area contributed by atoms with Crippen LogP contribution < -0.4 is 5.73 Å². The van der Waals surface area contributed by atoms with Crippen LogP contribution in [0.25, 0.3) is 0 Å². The first kappa shape index (κ1) is 12.9. The standard InChI is InChI=1S/C13H19N3O2/c14-13(15-18)11-3-1-10(2-4-11)9-16-7-5-12(17)6-8-16/h1-4,12,17-18H,5-9H2,(H2,14,15). The molecule has 0 radical (unpaired) electrons. The van der Waals surface area contributed by atoms with Crippen molar-refractivity contribution < 1.29 is 10.3 Å². The first-order chi connectivity index (χ1) is 8.69. The Morgan fingerprint density at radius 2 is 1.89 bits per heavy atom. The molecule has 0 amide bonds. The lowest BCUT2D eigenvalue weighted by Crippen LogP contribution is -2.35. The van der Waals surface area contributed by atoms with Gasteiger partial charge in [0.1, 0.15) is 0 Å². The summed E-state index contributed by atoms with van der Waals surface area (Å²) in [7, 11) is 0. The van der Waals surface area contributed by atoms with Crippen molar-refractivity contribution in [2.24, 2.45) is 10.9 Å². The Bertz CT molecular complexity index is 409. The summed E-state index contributed by atoms with van der Waals surface area (Å²) in [5, 5.41) is 21.0. The molecule has 0 aliphatic carbocycles. The summed E-state index contributed by atoms with van der Waals surface area (Å²) in [5.74, 6) is 0.127. The number of amidine groups is 1. The summed E-state index contributed by atoms with van der Waals surface area (Å²) in [6, 6.07) is 7.67. The van der Waals surface area contributed by atoms with E-state index in [1.165, 1.54) is 5.56 Å². The lowest BCUT2D eigenvalue weighted by Gasteiger charge is -2.29. The van der Waals surface area contributed by atoms with Crippen LogP contribution in [0.4, 0.5) is 0 Å². The molecule has 5 heteroatoms. The number of nitrogens with two attached hydrogens (primary N) is 1. The third kappa shape index (κ3) is 3.21. The van der Waals surface area contributed by atoms with E-state index in [-0.39, 0.29) is 11.9 Å². The maximum Gasteiger partial charge on any atom is 0.170 e. The van der Waals surface area contributed by atoms with Crippen molar-refractivity contribution in [1.82, 2.24) is 4.90 Å². The molecule has 1 aromatic rings. The molecule has 1 aromatic carbocycles. The van der Waals surface area contributed by atoms with E-state index in [0.717, 1.165) is 38.0 Å². The second-order valence-corrected chi connectivity index (χ2v) is 4.69. The van der Waals surface area contributed by atoms with E-state index in [0.29, 0.717) is 0 Å². The van der Waals surface area contributed by atoms with Gasteiger partial charge in [0.2, 0.25) is 0 Å². The zero-order valence-corrected chi connectivity index (χ0v) is 10.3. The summed E-state index contributed by atoms with van der Waals surface area (Å²) in [6.45, 7) is 2.75. The van der Waals surface area contributed by atoms with Gasteiger partial charge in [-0.3, -0.25) is 4.90 Å². The van der Waals surface area contributed by atoms with Crippen LogP contribution >= 0.6 is 0 Å². The molecule has 0 aromatic heterocycles. The third-order valence-electron chi connectivity index (χ3n) is 3.32. The summed E-state index contributed by atoms with van der Waals surface area (Å²) >= 11 is 0. The van der Waals surface area contributed by atoms with E-state index >= 15 is 0 Å². The van der Waals surface area contributed by atoms with E-state index in [4.69, 9.17) is 10.9 Å². The van der Waals surface area contributed by atoms with Gasteiger partial charge in [-0.2, -0.15) is 0 Å². The molecule has 5 nitrogen and oxygen atoms in total. The van der Waals surface area contributed by atoms with Crippen molar-refractivity contribution in [2.45, 2.75) is 25.5 Å². The number of likely N-dealkylation sites (tertiary alicyclic amines) is 1. The predicted octanol–water partition coefficient (Wildman–Crippen LogP) is 0.738. The van der Waals surface area contributed by atoms with Crippen LogP contribution in [0.1, 0.15) is 24.0 Å². The Balaban J connectivity index is 1.94. The number of benzene rings is 1. The smallest absolute Gasteiger partial charge is 0.170 e. The van der Waals surface area contributed by atoms with Gasteiger partial charge in [0.05, 0.1) is 6.10 Å². The van der Waals surface area contributed by atoms with Crippen molar-refractivity contribution in [3.8, 4) is 0 Å². The lowest BCUT2D eigenvalue weighted by atomic mass is 10.1. The van der Waals surface area contributed by atoms with Crippen LogP contribution in [-0.4, -0.2) is 40.2 Å². The number of hydrogen-bond donors (Lipinski definition) is 3. The number of aliphatic hydroxyl groups excluding tert-OH is 1. The summed E-state index contributed by atoms with van der Waals surface area (Å²) in [5.41, 5.74) is 7.42. The van der Waals surface area contributed by atoms with Crippen LogP contribution in [0.2, 0.25) is 0 Å². The van der Waals surface area contributed by atoms with Gasteiger partial charge >= 0.3 is 0 Å². The molecule has 1 heterocycles. The Morgan fingerprint density at radius 1 is 1.28 bits per heavy atom. The maximum absolute atomic E-state index is 9.44. The Labute approximate surface area is 107 Å². The minimum atomic E-state index is -0.135. The molecule has 0 saturated carbocycles. The first-order valence-electron chi connectivity index (χ1n) is 6.16. The molecule has 0 bridgehead atoms. The van der Waals surface area contributed by atoms with Gasteiger partial charge in [0, 0.05) is 25.2 Å².